The number of nitrogens with zero attached hydrogens (tertiary/aromatic N) is 1. The van der Waals surface area contributed by atoms with Crippen molar-refractivity contribution in [2.45, 2.75) is 43.3 Å². The molecule has 1 aromatic heterocycles. The molecular weight excluding hydrogens is 472 g/mol. The Morgan fingerprint density at radius 1 is 1.17 bits per heavy atom. The van der Waals surface area contributed by atoms with Crippen LogP contribution in [0.3, 0.4) is 0 Å². The van der Waals surface area contributed by atoms with Gasteiger partial charge in [-0.1, -0.05) is 19.9 Å². The van der Waals surface area contributed by atoms with E-state index >= 15 is 0 Å². The lowest BCUT2D eigenvalue weighted by Gasteiger charge is -2.29. The number of methoxy groups -OCH3 is 1. The maximum absolute atomic E-state index is 13.4. The van der Waals surface area contributed by atoms with E-state index in [2.05, 4.69) is 16.0 Å². The molecular formula is C24H30N4O6S. The first-order chi connectivity index (χ1) is 16.7. The van der Waals surface area contributed by atoms with Crippen LogP contribution < -0.4 is 16.0 Å². The van der Waals surface area contributed by atoms with Gasteiger partial charge in [-0.15, -0.1) is 11.8 Å². The molecule has 10 nitrogen and oxygen atoms in total. The van der Waals surface area contributed by atoms with Crippen LogP contribution in [-0.4, -0.2) is 66.8 Å². The SMILES string of the molecule is COC(=O)[C@H](NC(=O)[C@@H]1[C@@H](NC(=O)Nc2cccc(SC)c2)CCN1C(=O)c1ccco1)C(C)C. The second-order valence-corrected chi connectivity index (χ2v) is 9.28. The van der Waals surface area contributed by atoms with E-state index in [0.29, 0.717) is 12.1 Å². The summed E-state index contributed by atoms with van der Waals surface area (Å²) in [5.74, 6) is -1.81. The summed E-state index contributed by atoms with van der Waals surface area (Å²) in [5.41, 5.74) is 0.599. The summed E-state index contributed by atoms with van der Waals surface area (Å²) in [6.45, 7) is 3.76. The number of rotatable bonds is 8. The Morgan fingerprint density at radius 3 is 2.57 bits per heavy atom. The molecule has 188 valence electrons. The summed E-state index contributed by atoms with van der Waals surface area (Å²) in [6, 6.07) is 7.28. The number of esters is 1. The molecule has 3 N–H and O–H groups in total. The molecule has 11 heteroatoms. The normalized spacial score (nSPS) is 18.1. The number of anilines is 1. The standard InChI is InChI=1S/C24H30N4O6S/c1-14(2)19(23(31)33-3)27-21(29)20-17(10-11-28(20)22(30)18-9-6-12-34-18)26-24(32)25-15-7-5-8-16(13-15)35-4/h5-9,12-14,17,19-20H,10-11H2,1-4H3,(H,27,29)(H2,25,26,32)/t17-,19+,20-/m0/s1. The van der Waals surface area contributed by atoms with E-state index in [-0.39, 0.29) is 18.2 Å². The van der Waals surface area contributed by atoms with Crippen LogP contribution in [0, 0.1) is 5.92 Å². The number of hydrogen-bond acceptors (Lipinski definition) is 7. The first kappa shape index (κ1) is 26.1. The highest BCUT2D eigenvalue weighted by Gasteiger charge is 2.44. The maximum atomic E-state index is 13.4. The monoisotopic (exact) mass is 502 g/mol. The zero-order valence-electron chi connectivity index (χ0n) is 20.1. The molecule has 0 unspecified atom stereocenters. The molecule has 4 amide bonds. The van der Waals surface area contributed by atoms with Crippen LogP contribution in [0.1, 0.15) is 30.8 Å². The molecule has 1 saturated heterocycles. The van der Waals surface area contributed by atoms with Gasteiger partial charge in [0, 0.05) is 17.1 Å². The Morgan fingerprint density at radius 2 is 1.94 bits per heavy atom. The van der Waals surface area contributed by atoms with Crippen LogP contribution >= 0.6 is 11.8 Å². The smallest absolute Gasteiger partial charge is 0.328 e. The highest BCUT2D eigenvalue weighted by molar-refractivity contribution is 7.98. The van der Waals surface area contributed by atoms with Crippen LogP contribution in [0.2, 0.25) is 0 Å². The lowest BCUT2D eigenvalue weighted by atomic mass is 10.0. The third kappa shape index (κ3) is 6.36. The molecule has 2 heterocycles. The van der Waals surface area contributed by atoms with Crippen molar-refractivity contribution in [1.82, 2.24) is 15.5 Å². The fraction of sp³-hybridized carbons (Fsp3) is 0.417. The summed E-state index contributed by atoms with van der Waals surface area (Å²) in [4.78, 5) is 53.7. The minimum atomic E-state index is -1.05. The van der Waals surface area contributed by atoms with Crippen molar-refractivity contribution in [2.24, 2.45) is 5.92 Å². The summed E-state index contributed by atoms with van der Waals surface area (Å²) in [5, 5.41) is 8.28. The van der Waals surface area contributed by atoms with Crippen molar-refractivity contribution in [1.29, 1.82) is 0 Å². The second-order valence-electron chi connectivity index (χ2n) is 8.40. The summed E-state index contributed by atoms with van der Waals surface area (Å²) >= 11 is 1.55. The number of benzene rings is 1. The van der Waals surface area contributed by atoms with Crippen LogP contribution in [0.4, 0.5) is 10.5 Å². The Balaban J connectivity index is 1.80. The maximum Gasteiger partial charge on any atom is 0.328 e. The lowest BCUT2D eigenvalue weighted by Crippen LogP contribution is -2.58. The van der Waals surface area contributed by atoms with Crippen LogP contribution in [-0.2, 0) is 14.3 Å². The van der Waals surface area contributed by atoms with E-state index < -0.39 is 41.9 Å². The minimum absolute atomic E-state index is 0.0789. The van der Waals surface area contributed by atoms with Crippen molar-refractivity contribution < 1.29 is 28.3 Å². The molecule has 0 bridgehead atoms. The first-order valence-corrected chi connectivity index (χ1v) is 12.4. The lowest BCUT2D eigenvalue weighted by molar-refractivity contribution is -0.146. The van der Waals surface area contributed by atoms with Crippen LogP contribution in [0.5, 0.6) is 0 Å². The van der Waals surface area contributed by atoms with E-state index in [1.165, 1.54) is 24.3 Å². The molecule has 0 spiro atoms. The molecule has 0 saturated carbocycles. The van der Waals surface area contributed by atoms with Crippen molar-refractivity contribution in [2.75, 3.05) is 25.2 Å². The van der Waals surface area contributed by atoms with Gasteiger partial charge in [-0.05, 0) is 48.9 Å². The number of carbonyl (C=O) groups is 4. The third-order valence-electron chi connectivity index (χ3n) is 5.72. The fourth-order valence-electron chi connectivity index (χ4n) is 3.94. The summed E-state index contributed by atoms with van der Waals surface area (Å²) in [6.07, 6.45) is 3.65. The molecule has 35 heavy (non-hydrogen) atoms. The largest absolute Gasteiger partial charge is 0.467 e. The molecule has 0 radical (unpaired) electrons. The van der Waals surface area contributed by atoms with E-state index in [1.54, 1.807) is 37.7 Å². The molecule has 0 aliphatic carbocycles. The van der Waals surface area contributed by atoms with Crippen molar-refractivity contribution in [3.63, 3.8) is 0 Å². The number of carbonyl (C=O) groups excluding carboxylic acids is 4. The molecule has 2 aromatic rings. The number of urea groups is 1. The highest BCUT2D eigenvalue weighted by atomic mass is 32.2. The molecule has 1 aliphatic heterocycles. The predicted molar refractivity (Wildman–Crippen MR) is 131 cm³/mol. The van der Waals surface area contributed by atoms with Crippen molar-refractivity contribution >= 4 is 41.3 Å². The van der Waals surface area contributed by atoms with Crippen molar-refractivity contribution in [3.05, 3.63) is 48.4 Å². The van der Waals surface area contributed by atoms with Gasteiger partial charge < -0.3 is 30.0 Å². The van der Waals surface area contributed by atoms with Gasteiger partial charge >= 0.3 is 12.0 Å². The van der Waals surface area contributed by atoms with Crippen LogP contribution in [0.15, 0.2) is 52.0 Å². The molecule has 3 atom stereocenters. The van der Waals surface area contributed by atoms with E-state index in [9.17, 15) is 19.2 Å². The number of hydrogen-bond donors (Lipinski definition) is 3. The first-order valence-electron chi connectivity index (χ1n) is 11.2. The average molecular weight is 503 g/mol. The minimum Gasteiger partial charge on any atom is -0.467 e. The third-order valence-corrected chi connectivity index (χ3v) is 6.45. The van der Waals surface area contributed by atoms with Gasteiger partial charge in [-0.3, -0.25) is 9.59 Å². The number of nitrogens with one attached hydrogen (secondary N) is 3. The number of likely N-dealkylation sites (tertiary alicyclic amines) is 1. The predicted octanol–water partition coefficient (Wildman–Crippen LogP) is 2.72. The van der Waals surface area contributed by atoms with Gasteiger partial charge in [-0.25, -0.2) is 9.59 Å². The molecule has 1 aromatic carbocycles. The fourth-order valence-corrected chi connectivity index (χ4v) is 4.40. The summed E-state index contributed by atoms with van der Waals surface area (Å²) in [7, 11) is 1.24. The van der Waals surface area contributed by atoms with Crippen molar-refractivity contribution in [3.8, 4) is 0 Å². The van der Waals surface area contributed by atoms with Gasteiger partial charge in [0.15, 0.2) is 5.76 Å². The second kappa shape index (κ2) is 11.8. The Hall–Kier alpha value is -3.47. The Kier molecular flexibility index (Phi) is 8.80. The topological polar surface area (TPSA) is 130 Å². The van der Waals surface area contributed by atoms with E-state index in [1.807, 2.05) is 24.5 Å². The molecule has 3 rings (SSSR count). The molecule has 1 fully saturated rings. The zero-order valence-corrected chi connectivity index (χ0v) is 20.9. The summed E-state index contributed by atoms with van der Waals surface area (Å²) < 4.78 is 10.0. The quantitative estimate of drug-likeness (QED) is 0.374. The zero-order chi connectivity index (χ0) is 25.5. The number of furan rings is 1. The van der Waals surface area contributed by atoms with Gasteiger partial charge in [0.05, 0.1) is 19.4 Å². The van der Waals surface area contributed by atoms with Gasteiger partial charge in [0.2, 0.25) is 5.91 Å². The Bertz CT molecular complexity index is 1060. The number of thioether (sulfide) groups is 1. The van der Waals surface area contributed by atoms with Gasteiger partial charge in [-0.2, -0.15) is 0 Å². The molecule has 1 aliphatic rings. The number of amides is 4. The average Bonchev–Trinajstić information content (AvgIpc) is 3.52. The van der Waals surface area contributed by atoms with Gasteiger partial charge in [0.25, 0.3) is 5.91 Å². The van der Waals surface area contributed by atoms with Crippen LogP contribution in [0.25, 0.3) is 0 Å². The van der Waals surface area contributed by atoms with Gasteiger partial charge in [0.1, 0.15) is 12.1 Å². The highest BCUT2D eigenvalue weighted by Crippen LogP contribution is 2.23. The van der Waals surface area contributed by atoms with E-state index in [0.717, 1.165) is 4.90 Å². The van der Waals surface area contributed by atoms with E-state index in [4.69, 9.17) is 9.15 Å². The number of ether oxygens (including phenoxy) is 1. The Labute approximate surface area is 208 Å².